The Balaban J connectivity index is 1.41. The Morgan fingerprint density at radius 2 is 1.73 bits per heavy atom. The maximum atomic E-state index is 13.4. The smallest absolute Gasteiger partial charge is 0.243 e. The van der Waals surface area contributed by atoms with Gasteiger partial charge in [0.1, 0.15) is 0 Å². The number of rotatable bonds is 10. The van der Waals surface area contributed by atoms with Crippen LogP contribution in [0, 0.1) is 6.92 Å². The molecule has 192 valence electrons. The van der Waals surface area contributed by atoms with Crippen LogP contribution in [-0.2, 0) is 21.4 Å². The van der Waals surface area contributed by atoms with Gasteiger partial charge in [-0.3, -0.25) is 9.78 Å². The molecular formula is C27H26BrClN4O3S. The Kier molecular flexibility index (Phi) is 8.81. The van der Waals surface area contributed by atoms with Crippen molar-refractivity contribution >= 4 is 60.1 Å². The number of aryl methyl sites for hydroxylation is 1. The SMILES string of the molecule is Cc1ccc(CN(CC(=O)NCCNc2ccnc3cc(Cl)ccc23)S(=O)(=O)c2ccc(Br)cc2)cc1. The second kappa shape index (κ2) is 12.0. The van der Waals surface area contributed by atoms with Crippen LogP contribution in [0.2, 0.25) is 5.02 Å². The zero-order valence-corrected chi connectivity index (χ0v) is 23.3. The topological polar surface area (TPSA) is 91.4 Å². The van der Waals surface area contributed by atoms with Crippen molar-refractivity contribution in [1.29, 1.82) is 0 Å². The summed E-state index contributed by atoms with van der Waals surface area (Å²) in [4.78, 5) is 17.3. The number of anilines is 1. The number of benzene rings is 3. The highest BCUT2D eigenvalue weighted by molar-refractivity contribution is 9.10. The lowest BCUT2D eigenvalue weighted by Crippen LogP contribution is -2.41. The fourth-order valence-electron chi connectivity index (χ4n) is 3.77. The van der Waals surface area contributed by atoms with Crippen LogP contribution in [0.1, 0.15) is 11.1 Å². The number of aromatic nitrogens is 1. The summed E-state index contributed by atoms with van der Waals surface area (Å²) < 4.78 is 28.8. The minimum Gasteiger partial charge on any atom is -0.383 e. The monoisotopic (exact) mass is 600 g/mol. The van der Waals surface area contributed by atoms with Crippen LogP contribution >= 0.6 is 27.5 Å². The molecule has 4 rings (SSSR count). The van der Waals surface area contributed by atoms with Crippen molar-refractivity contribution < 1.29 is 13.2 Å². The van der Waals surface area contributed by atoms with Crippen molar-refractivity contribution in [2.45, 2.75) is 18.4 Å². The largest absolute Gasteiger partial charge is 0.383 e. The number of nitrogens with zero attached hydrogens (tertiary/aromatic N) is 2. The third-order valence-electron chi connectivity index (χ3n) is 5.72. The first-order valence-corrected chi connectivity index (χ1v) is 14.2. The van der Waals surface area contributed by atoms with E-state index in [1.54, 1.807) is 30.5 Å². The van der Waals surface area contributed by atoms with Crippen molar-refractivity contribution in [2.24, 2.45) is 0 Å². The molecule has 1 aromatic heterocycles. The second-order valence-electron chi connectivity index (χ2n) is 8.51. The van der Waals surface area contributed by atoms with E-state index in [0.717, 1.165) is 32.2 Å². The molecule has 1 heterocycles. The molecule has 4 aromatic rings. The van der Waals surface area contributed by atoms with Gasteiger partial charge in [-0.25, -0.2) is 8.42 Å². The Hall–Kier alpha value is -2.98. The van der Waals surface area contributed by atoms with E-state index in [1.807, 2.05) is 43.3 Å². The number of sulfonamides is 1. The van der Waals surface area contributed by atoms with E-state index in [4.69, 9.17) is 11.6 Å². The van der Waals surface area contributed by atoms with Crippen LogP contribution in [0.4, 0.5) is 5.69 Å². The molecule has 0 fully saturated rings. The van der Waals surface area contributed by atoms with Gasteiger partial charge in [0.05, 0.1) is 17.0 Å². The molecule has 3 aromatic carbocycles. The minimum absolute atomic E-state index is 0.0793. The van der Waals surface area contributed by atoms with Gasteiger partial charge in [0.25, 0.3) is 0 Å². The number of carbonyl (C=O) groups is 1. The van der Waals surface area contributed by atoms with Gasteiger partial charge in [0.15, 0.2) is 0 Å². The summed E-state index contributed by atoms with van der Waals surface area (Å²) in [5, 5.41) is 7.63. The molecular weight excluding hydrogens is 576 g/mol. The van der Waals surface area contributed by atoms with E-state index in [2.05, 4.69) is 31.5 Å². The number of amides is 1. The normalized spacial score (nSPS) is 11.6. The van der Waals surface area contributed by atoms with Gasteiger partial charge in [0.2, 0.25) is 15.9 Å². The van der Waals surface area contributed by atoms with Crippen LogP contribution in [-0.4, -0.2) is 43.2 Å². The summed E-state index contributed by atoms with van der Waals surface area (Å²) in [5.74, 6) is -0.388. The van der Waals surface area contributed by atoms with E-state index in [9.17, 15) is 13.2 Å². The second-order valence-corrected chi connectivity index (χ2v) is 11.8. The fraction of sp³-hybridized carbons (Fsp3) is 0.185. The molecule has 0 saturated heterocycles. The predicted molar refractivity (Wildman–Crippen MR) is 151 cm³/mol. The maximum Gasteiger partial charge on any atom is 0.243 e. The van der Waals surface area contributed by atoms with Crippen LogP contribution in [0.5, 0.6) is 0 Å². The number of halogens is 2. The van der Waals surface area contributed by atoms with Gasteiger partial charge >= 0.3 is 0 Å². The summed E-state index contributed by atoms with van der Waals surface area (Å²) in [6, 6.07) is 21.3. The van der Waals surface area contributed by atoms with Gasteiger partial charge in [-0.15, -0.1) is 0 Å². The quantitative estimate of drug-likeness (QED) is 0.238. The zero-order valence-electron chi connectivity index (χ0n) is 20.1. The summed E-state index contributed by atoms with van der Waals surface area (Å²) in [7, 11) is -3.90. The van der Waals surface area contributed by atoms with Crippen LogP contribution in [0.3, 0.4) is 0 Å². The van der Waals surface area contributed by atoms with E-state index >= 15 is 0 Å². The molecule has 0 aliphatic rings. The first kappa shape index (κ1) is 27.1. The number of hydrogen-bond donors (Lipinski definition) is 2. The molecule has 0 unspecified atom stereocenters. The number of pyridine rings is 1. The molecule has 37 heavy (non-hydrogen) atoms. The molecule has 0 radical (unpaired) electrons. The molecule has 10 heteroatoms. The van der Waals surface area contributed by atoms with Crippen molar-refractivity contribution in [3.8, 4) is 0 Å². The third kappa shape index (κ3) is 7.07. The van der Waals surface area contributed by atoms with Crippen molar-refractivity contribution in [2.75, 3.05) is 25.0 Å². The highest BCUT2D eigenvalue weighted by Gasteiger charge is 2.27. The molecule has 0 bridgehead atoms. The van der Waals surface area contributed by atoms with Crippen LogP contribution in [0.25, 0.3) is 10.9 Å². The summed E-state index contributed by atoms with van der Waals surface area (Å²) >= 11 is 9.38. The number of fused-ring (bicyclic) bond motifs is 1. The van der Waals surface area contributed by atoms with Crippen LogP contribution < -0.4 is 10.6 Å². The molecule has 1 amide bonds. The average molecular weight is 602 g/mol. The fourth-order valence-corrected chi connectivity index (χ4v) is 5.58. The number of nitrogens with one attached hydrogen (secondary N) is 2. The summed E-state index contributed by atoms with van der Waals surface area (Å²) in [6.07, 6.45) is 1.69. The molecule has 2 N–H and O–H groups in total. The first-order valence-electron chi connectivity index (χ1n) is 11.6. The summed E-state index contributed by atoms with van der Waals surface area (Å²) in [6.45, 7) is 2.50. The molecule has 0 spiro atoms. The van der Waals surface area contributed by atoms with Gasteiger partial charge in [-0.05, 0) is 61.0 Å². The number of hydrogen-bond acceptors (Lipinski definition) is 5. The molecule has 0 saturated carbocycles. The Morgan fingerprint density at radius 1 is 1.00 bits per heavy atom. The number of carbonyl (C=O) groups excluding carboxylic acids is 1. The Labute approximate surface area is 230 Å². The zero-order chi connectivity index (χ0) is 26.4. The van der Waals surface area contributed by atoms with E-state index < -0.39 is 10.0 Å². The lowest BCUT2D eigenvalue weighted by molar-refractivity contribution is -0.121. The van der Waals surface area contributed by atoms with Crippen molar-refractivity contribution in [3.63, 3.8) is 0 Å². The van der Waals surface area contributed by atoms with Gasteiger partial charge in [-0.1, -0.05) is 57.4 Å². The molecule has 0 aliphatic carbocycles. The Bertz CT molecular complexity index is 1500. The molecule has 0 aliphatic heterocycles. The lowest BCUT2D eigenvalue weighted by Gasteiger charge is -2.22. The first-order chi connectivity index (χ1) is 17.7. The summed E-state index contributed by atoms with van der Waals surface area (Å²) in [5.41, 5.74) is 3.51. The third-order valence-corrected chi connectivity index (χ3v) is 8.29. The average Bonchev–Trinajstić information content (AvgIpc) is 2.87. The molecule has 7 nitrogen and oxygen atoms in total. The van der Waals surface area contributed by atoms with Gasteiger partial charge in [-0.2, -0.15) is 4.31 Å². The molecule has 0 atom stereocenters. The van der Waals surface area contributed by atoms with E-state index in [1.165, 1.54) is 16.4 Å². The Morgan fingerprint density at radius 3 is 2.46 bits per heavy atom. The standard InChI is InChI=1S/C27H26BrClN4O3S/c1-19-2-4-20(5-3-19)17-33(37(35,36)23-9-6-21(28)7-10-23)18-27(34)32-15-14-31-25-12-13-30-26-16-22(29)8-11-24(25)26/h2-13,16H,14-15,17-18H2,1H3,(H,30,31)(H,32,34). The van der Waals surface area contributed by atoms with Crippen LogP contribution in [0.15, 0.2) is 88.4 Å². The van der Waals surface area contributed by atoms with Gasteiger partial charge in [0, 0.05) is 46.4 Å². The van der Waals surface area contributed by atoms with Gasteiger partial charge < -0.3 is 10.6 Å². The minimum atomic E-state index is -3.90. The van der Waals surface area contributed by atoms with Crippen molar-refractivity contribution in [3.05, 3.63) is 99.6 Å². The lowest BCUT2D eigenvalue weighted by atomic mass is 10.1. The maximum absolute atomic E-state index is 13.4. The predicted octanol–water partition coefficient (Wildman–Crippen LogP) is 5.38. The highest BCUT2D eigenvalue weighted by Crippen LogP contribution is 2.24. The van der Waals surface area contributed by atoms with E-state index in [-0.39, 0.29) is 23.9 Å². The van der Waals surface area contributed by atoms with E-state index in [0.29, 0.717) is 18.1 Å². The van der Waals surface area contributed by atoms with Crippen molar-refractivity contribution in [1.82, 2.24) is 14.6 Å². The highest BCUT2D eigenvalue weighted by atomic mass is 79.9.